The summed E-state index contributed by atoms with van der Waals surface area (Å²) in [6.45, 7) is 0. The second kappa shape index (κ2) is 5.50. The summed E-state index contributed by atoms with van der Waals surface area (Å²) in [6, 6.07) is 6.76. The molecule has 0 saturated carbocycles. The van der Waals surface area contributed by atoms with E-state index in [1.165, 1.54) is 19.3 Å². The number of fused-ring (bicyclic) bond motifs is 2. The van der Waals surface area contributed by atoms with Crippen molar-refractivity contribution in [1.82, 2.24) is 4.90 Å². The predicted octanol–water partition coefficient (Wildman–Crippen LogP) is 2.54. The maximum Gasteiger partial charge on any atom is 0.161 e. The average Bonchev–Trinajstić information content (AvgIpc) is 2.48. The lowest BCUT2D eigenvalue weighted by Gasteiger charge is -2.50. The number of nitrogens with zero attached hydrogens (tertiary/aromatic N) is 1. The van der Waals surface area contributed by atoms with Crippen LogP contribution in [0.1, 0.15) is 37.7 Å². The molecule has 2 aliphatic heterocycles. The van der Waals surface area contributed by atoms with Gasteiger partial charge in [-0.25, -0.2) is 0 Å². The molecule has 1 aromatic carbocycles. The van der Waals surface area contributed by atoms with Gasteiger partial charge in [0.1, 0.15) is 0 Å². The molecule has 2 unspecified atom stereocenters. The number of hydrogen-bond donors (Lipinski definition) is 1. The standard InChI is InChI=1S/C17H25NO3/c1-18-13-5-4-6-14(18)11-17(19,10-13)12-7-8-15(20-2)16(9-12)21-3/h7-9,13-14,19H,4-6,10-11H2,1-3H3. The van der Waals surface area contributed by atoms with E-state index < -0.39 is 5.60 Å². The molecule has 3 rings (SSSR count). The maximum atomic E-state index is 11.2. The zero-order chi connectivity index (χ0) is 15.0. The Morgan fingerprint density at radius 2 is 1.71 bits per heavy atom. The summed E-state index contributed by atoms with van der Waals surface area (Å²) >= 11 is 0. The van der Waals surface area contributed by atoms with E-state index in [2.05, 4.69) is 11.9 Å². The molecule has 0 radical (unpaired) electrons. The Kier molecular flexibility index (Phi) is 3.84. The summed E-state index contributed by atoms with van der Waals surface area (Å²) in [7, 11) is 5.46. The summed E-state index contributed by atoms with van der Waals surface area (Å²) in [5.74, 6) is 1.39. The number of piperidine rings is 2. The molecule has 0 aliphatic carbocycles. The van der Waals surface area contributed by atoms with E-state index in [9.17, 15) is 5.11 Å². The van der Waals surface area contributed by atoms with Crippen LogP contribution in [-0.2, 0) is 5.60 Å². The number of rotatable bonds is 3. The Hall–Kier alpha value is -1.26. The van der Waals surface area contributed by atoms with Crippen molar-refractivity contribution in [2.45, 2.75) is 49.8 Å². The van der Waals surface area contributed by atoms with Crippen LogP contribution < -0.4 is 9.47 Å². The van der Waals surface area contributed by atoms with Gasteiger partial charge >= 0.3 is 0 Å². The van der Waals surface area contributed by atoms with Crippen molar-refractivity contribution in [1.29, 1.82) is 0 Å². The van der Waals surface area contributed by atoms with Gasteiger partial charge in [-0.2, -0.15) is 0 Å². The molecule has 2 aliphatic rings. The summed E-state index contributed by atoms with van der Waals surface area (Å²) in [6.07, 6.45) is 5.25. The molecule has 2 fully saturated rings. The van der Waals surface area contributed by atoms with Gasteiger partial charge in [-0.15, -0.1) is 0 Å². The third kappa shape index (κ3) is 2.51. The van der Waals surface area contributed by atoms with E-state index >= 15 is 0 Å². The first-order chi connectivity index (χ1) is 10.1. The summed E-state index contributed by atoms with van der Waals surface area (Å²) < 4.78 is 10.7. The van der Waals surface area contributed by atoms with E-state index in [-0.39, 0.29) is 0 Å². The first-order valence-corrected chi connectivity index (χ1v) is 7.74. The van der Waals surface area contributed by atoms with Crippen LogP contribution in [-0.4, -0.2) is 43.4 Å². The predicted molar refractivity (Wildman–Crippen MR) is 81.9 cm³/mol. The van der Waals surface area contributed by atoms with Crippen LogP contribution in [0.4, 0.5) is 0 Å². The molecule has 2 bridgehead atoms. The lowest BCUT2D eigenvalue weighted by Crippen LogP contribution is -2.55. The highest BCUT2D eigenvalue weighted by molar-refractivity contribution is 5.45. The third-order valence-corrected chi connectivity index (χ3v) is 5.29. The van der Waals surface area contributed by atoms with Crippen LogP contribution in [0.15, 0.2) is 18.2 Å². The van der Waals surface area contributed by atoms with Crippen LogP contribution in [0.3, 0.4) is 0 Å². The monoisotopic (exact) mass is 291 g/mol. The molecule has 2 saturated heterocycles. The smallest absolute Gasteiger partial charge is 0.161 e. The van der Waals surface area contributed by atoms with Gasteiger partial charge in [0.2, 0.25) is 0 Å². The molecule has 4 heteroatoms. The molecule has 4 nitrogen and oxygen atoms in total. The third-order valence-electron chi connectivity index (χ3n) is 5.29. The lowest BCUT2D eigenvalue weighted by molar-refractivity contribution is -0.0875. The van der Waals surface area contributed by atoms with Crippen molar-refractivity contribution in [2.24, 2.45) is 0 Å². The van der Waals surface area contributed by atoms with E-state index in [4.69, 9.17) is 9.47 Å². The van der Waals surface area contributed by atoms with Crippen molar-refractivity contribution in [2.75, 3.05) is 21.3 Å². The number of hydrogen-bond acceptors (Lipinski definition) is 4. The quantitative estimate of drug-likeness (QED) is 0.929. The number of benzene rings is 1. The van der Waals surface area contributed by atoms with E-state index in [0.717, 1.165) is 18.4 Å². The van der Waals surface area contributed by atoms with Crippen molar-refractivity contribution in [3.63, 3.8) is 0 Å². The number of aliphatic hydroxyl groups is 1. The Morgan fingerprint density at radius 3 is 2.29 bits per heavy atom. The first kappa shape index (κ1) is 14.7. The van der Waals surface area contributed by atoms with Gasteiger partial charge in [-0.05, 0) is 50.4 Å². The van der Waals surface area contributed by atoms with Gasteiger partial charge in [0.25, 0.3) is 0 Å². The number of ether oxygens (including phenoxy) is 2. The fourth-order valence-corrected chi connectivity index (χ4v) is 4.01. The molecule has 116 valence electrons. The highest BCUT2D eigenvalue weighted by Crippen LogP contribution is 2.45. The fraction of sp³-hybridized carbons (Fsp3) is 0.647. The van der Waals surface area contributed by atoms with E-state index in [0.29, 0.717) is 23.6 Å². The minimum Gasteiger partial charge on any atom is -0.493 e. The van der Waals surface area contributed by atoms with Crippen molar-refractivity contribution in [3.05, 3.63) is 23.8 Å². The van der Waals surface area contributed by atoms with Gasteiger partial charge in [0.05, 0.1) is 19.8 Å². The molecular weight excluding hydrogens is 266 g/mol. The maximum absolute atomic E-state index is 11.2. The molecule has 2 atom stereocenters. The van der Waals surface area contributed by atoms with Crippen molar-refractivity contribution < 1.29 is 14.6 Å². The number of methoxy groups -OCH3 is 2. The highest BCUT2D eigenvalue weighted by Gasteiger charge is 2.45. The summed E-state index contributed by atoms with van der Waals surface area (Å²) in [5.41, 5.74) is 0.201. The van der Waals surface area contributed by atoms with Crippen LogP contribution in [0.5, 0.6) is 11.5 Å². The van der Waals surface area contributed by atoms with E-state index in [1.54, 1.807) is 14.2 Å². The largest absolute Gasteiger partial charge is 0.493 e. The van der Waals surface area contributed by atoms with Crippen LogP contribution in [0, 0.1) is 0 Å². The topological polar surface area (TPSA) is 41.9 Å². The van der Waals surface area contributed by atoms with Gasteiger partial charge in [-0.1, -0.05) is 12.5 Å². The zero-order valence-corrected chi connectivity index (χ0v) is 13.1. The normalized spacial score (nSPS) is 32.8. The molecule has 0 spiro atoms. The molecule has 0 aromatic heterocycles. The second-order valence-corrected chi connectivity index (χ2v) is 6.41. The van der Waals surface area contributed by atoms with Gasteiger partial charge < -0.3 is 19.5 Å². The van der Waals surface area contributed by atoms with Gasteiger partial charge in [-0.3, -0.25) is 0 Å². The minimum absolute atomic E-state index is 0.482. The Labute approximate surface area is 126 Å². The molecule has 0 amide bonds. The van der Waals surface area contributed by atoms with Crippen molar-refractivity contribution in [3.8, 4) is 11.5 Å². The highest BCUT2D eigenvalue weighted by atomic mass is 16.5. The molecule has 1 aromatic rings. The Morgan fingerprint density at radius 1 is 1.10 bits per heavy atom. The molecular formula is C17H25NO3. The average molecular weight is 291 g/mol. The van der Waals surface area contributed by atoms with Gasteiger partial charge in [0, 0.05) is 12.1 Å². The van der Waals surface area contributed by atoms with Gasteiger partial charge in [0.15, 0.2) is 11.5 Å². The Balaban J connectivity index is 1.92. The van der Waals surface area contributed by atoms with Crippen molar-refractivity contribution >= 4 is 0 Å². The fourth-order valence-electron chi connectivity index (χ4n) is 4.01. The summed E-state index contributed by atoms with van der Waals surface area (Å²) in [4.78, 5) is 2.46. The lowest BCUT2D eigenvalue weighted by atomic mass is 9.73. The summed E-state index contributed by atoms with van der Waals surface area (Å²) in [5, 5.41) is 11.2. The Bertz CT molecular complexity index is 503. The SMILES string of the molecule is COc1ccc(C2(O)CC3CCCC(C2)N3C)cc1OC. The van der Waals surface area contributed by atoms with Crippen LogP contribution in [0.2, 0.25) is 0 Å². The second-order valence-electron chi connectivity index (χ2n) is 6.41. The first-order valence-electron chi connectivity index (χ1n) is 7.74. The van der Waals surface area contributed by atoms with Crippen LogP contribution >= 0.6 is 0 Å². The molecule has 1 N–H and O–H groups in total. The van der Waals surface area contributed by atoms with E-state index in [1.807, 2.05) is 18.2 Å². The molecule has 21 heavy (non-hydrogen) atoms. The molecule has 2 heterocycles. The zero-order valence-electron chi connectivity index (χ0n) is 13.1. The van der Waals surface area contributed by atoms with Crippen LogP contribution in [0.25, 0.3) is 0 Å². The minimum atomic E-state index is -0.748.